The molecular weight excluding hydrogens is 190 g/mol. The summed E-state index contributed by atoms with van der Waals surface area (Å²) in [7, 11) is 0. The van der Waals surface area contributed by atoms with E-state index in [1.165, 1.54) is 22.0 Å². The Morgan fingerprint density at radius 3 is 2.83 bits per heavy atom. The first-order valence-corrected chi connectivity index (χ1v) is 5.06. The van der Waals surface area contributed by atoms with Crippen molar-refractivity contribution in [2.24, 2.45) is 0 Å². The summed E-state index contributed by atoms with van der Waals surface area (Å²) in [5, 5.41) is 2.96. The molecule has 0 spiro atoms. The summed E-state index contributed by atoms with van der Waals surface area (Å²) < 4.78 is 3.93. The predicted molar refractivity (Wildman–Crippen MR) is 52.4 cm³/mol. The number of nitrogen functional groups attached to an aromatic ring is 1. The van der Waals surface area contributed by atoms with Gasteiger partial charge in [-0.3, -0.25) is 0 Å². The highest BCUT2D eigenvalue weighted by Crippen LogP contribution is 2.30. The monoisotopic (exact) mass is 197 g/mol. The van der Waals surface area contributed by atoms with Crippen LogP contribution in [0.2, 0.25) is 0 Å². The fourth-order valence-corrected chi connectivity index (χ4v) is 2.58. The SMILES string of the molecule is Cc1ccsc1-c1nc(N)ns1. The smallest absolute Gasteiger partial charge is 0.232 e. The lowest BCUT2D eigenvalue weighted by Crippen LogP contribution is -1.85. The first-order chi connectivity index (χ1) is 5.77. The summed E-state index contributed by atoms with van der Waals surface area (Å²) in [5.41, 5.74) is 6.66. The van der Waals surface area contributed by atoms with E-state index in [1.807, 2.05) is 5.38 Å². The molecule has 2 N–H and O–H groups in total. The van der Waals surface area contributed by atoms with Crippen molar-refractivity contribution < 1.29 is 0 Å². The Morgan fingerprint density at radius 1 is 1.50 bits per heavy atom. The van der Waals surface area contributed by atoms with Gasteiger partial charge >= 0.3 is 0 Å². The van der Waals surface area contributed by atoms with Crippen molar-refractivity contribution in [2.75, 3.05) is 5.73 Å². The van der Waals surface area contributed by atoms with Crippen LogP contribution in [0.4, 0.5) is 5.95 Å². The maximum atomic E-state index is 5.43. The second-order valence-electron chi connectivity index (χ2n) is 2.39. The van der Waals surface area contributed by atoms with E-state index in [2.05, 4.69) is 22.3 Å². The largest absolute Gasteiger partial charge is 0.367 e. The van der Waals surface area contributed by atoms with Crippen LogP contribution in [0.3, 0.4) is 0 Å². The van der Waals surface area contributed by atoms with Crippen LogP contribution in [-0.4, -0.2) is 9.36 Å². The average Bonchev–Trinajstić information content (AvgIpc) is 2.58. The Balaban J connectivity index is 2.50. The number of aromatic nitrogens is 2. The van der Waals surface area contributed by atoms with Gasteiger partial charge < -0.3 is 5.73 Å². The molecule has 2 aromatic heterocycles. The molecule has 2 heterocycles. The average molecular weight is 197 g/mol. The molecule has 0 bridgehead atoms. The Bertz CT molecular complexity index is 391. The van der Waals surface area contributed by atoms with Gasteiger partial charge in [0.1, 0.15) is 0 Å². The van der Waals surface area contributed by atoms with Gasteiger partial charge in [-0.1, -0.05) is 0 Å². The van der Waals surface area contributed by atoms with E-state index >= 15 is 0 Å². The first-order valence-electron chi connectivity index (χ1n) is 3.41. The zero-order valence-electron chi connectivity index (χ0n) is 6.44. The van der Waals surface area contributed by atoms with Crippen LogP contribution in [0.5, 0.6) is 0 Å². The minimum Gasteiger partial charge on any atom is -0.367 e. The molecule has 62 valence electrons. The maximum absolute atomic E-state index is 5.43. The number of hydrogen-bond donors (Lipinski definition) is 1. The Labute approximate surface area is 78.1 Å². The molecule has 0 atom stereocenters. The standard InChI is InChI=1S/C7H7N3S2/c1-4-2-3-11-5(4)6-9-7(8)10-12-6/h2-3H,1H3,(H2,8,10). The molecule has 0 saturated carbocycles. The van der Waals surface area contributed by atoms with Crippen LogP contribution in [0, 0.1) is 6.92 Å². The van der Waals surface area contributed by atoms with Crippen LogP contribution in [-0.2, 0) is 0 Å². The van der Waals surface area contributed by atoms with E-state index in [1.54, 1.807) is 11.3 Å². The fourth-order valence-electron chi connectivity index (χ4n) is 0.919. The lowest BCUT2D eigenvalue weighted by molar-refractivity contribution is 1.34. The second-order valence-corrected chi connectivity index (χ2v) is 4.06. The van der Waals surface area contributed by atoms with Gasteiger partial charge in [0.15, 0.2) is 5.01 Å². The molecule has 0 fully saturated rings. The third kappa shape index (κ3) is 1.21. The maximum Gasteiger partial charge on any atom is 0.232 e. The number of thiophene rings is 1. The van der Waals surface area contributed by atoms with Crippen LogP contribution in [0.15, 0.2) is 11.4 Å². The number of nitrogens with two attached hydrogens (primary N) is 1. The van der Waals surface area contributed by atoms with Crippen molar-refractivity contribution in [3.63, 3.8) is 0 Å². The number of anilines is 1. The van der Waals surface area contributed by atoms with E-state index in [-0.39, 0.29) is 0 Å². The first kappa shape index (κ1) is 7.70. The number of aryl methyl sites for hydroxylation is 1. The number of nitrogens with zero attached hydrogens (tertiary/aromatic N) is 2. The van der Waals surface area contributed by atoms with Crippen molar-refractivity contribution >= 4 is 28.8 Å². The summed E-state index contributed by atoms with van der Waals surface area (Å²) in [6.07, 6.45) is 0. The van der Waals surface area contributed by atoms with Gasteiger partial charge in [0.05, 0.1) is 4.88 Å². The van der Waals surface area contributed by atoms with E-state index in [9.17, 15) is 0 Å². The van der Waals surface area contributed by atoms with Crippen molar-refractivity contribution in [2.45, 2.75) is 6.92 Å². The van der Waals surface area contributed by atoms with E-state index in [0.29, 0.717) is 5.95 Å². The van der Waals surface area contributed by atoms with E-state index in [4.69, 9.17) is 5.73 Å². The van der Waals surface area contributed by atoms with Gasteiger partial charge in [0.2, 0.25) is 5.95 Å². The predicted octanol–water partition coefficient (Wildman–Crippen LogP) is 2.16. The highest BCUT2D eigenvalue weighted by atomic mass is 32.1. The van der Waals surface area contributed by atoms with E-state index in [0.717, 1.165) is 5.01 Å². The van der Waals surface area contributed by atoms with Crippen molar-refractivity contribution in [1.82, 2.24) is 9.36 Å². The van der Waals surface area contributed by atoms with Gasteiger partial charge in [0.25, 0.3) is 0 Å². The summed E-state index contributed by atoms with van der Waals surface area (Å²) in [5.74, 6) is 0.364. The summed E-state index contributed by atoms with van der Waals surface area (Å²) in [4.78, 5) is 5.28. The Hall–Kier alpha value is -0.940. The zero-order chi connectivity index (χ0) is 8.55. The minimum absolute atomic E-state index is 0.364. The van der Waals surface area contributed by atoms with Crippen LogP contribution < -0.4 is 5.73 Å². The molecule has 2 aromatic rings. The van der Waals surface area contributed by atoms with Crippen LogP contribution >= 0.6 is 22.9 Å². The van der Waals surface area contributed by atoms with Crippen molar-refractivity contribution in [3.05, 3.63) is 17.0 Å². The molecule has 0 radical (unpaired) electrons. The molecule has 0 aliphatic heterocycles. The quantitative estimate of drug-likeness (QED) is 0.762. The lowest BCUT2D eigenvalue weighted by atomic mass is 10.3. The van der Waals surface area contributed by atoms with E-state index < -0.39 is 0 Å². The molecule has 12 heavy (non-hydrogen) atoms. The van der Waals surface area contributed by atoms with Crippen LogP contribution in [0.1, 0.15) is 5.56 Å². The highest BCUT2D eigenvalue weighted by molar-refractivity contribution is 7.18. The number of hydrogen-bond acceptors (Lipinski definition) is 5. The van der Waals surface area contributed by atoms with Gasteiger partial charge in [-0.25, -0.2) is 0 Å². The van der Waals surface area contributed by atoms with Gasteiger partial charge in [-0.05, 0) is 35.5 Å². The molecule has 5 heteroatoms. The third-order valence-corrected chi connectivity index (χ3v) is 3.40. The molecule has 3 nitrogen and oxygen atoms in total. The number of rotatable bonds is 1. The topological polar surface area (TPSA) is 51.8 Å². The third-order valence-electron chi connectivity index (χ3n) is 1.50. The van der Waals surface area contributed by atoms with Gasteiger partial charge in [0, 0.05) is 0 Å². The molecule has 0 saturated heterocycles. The Morgan fingerprint density at radius 2 is 2.33 bits per heavy atom. The highest BCUT2D eigenvalue weighted by Gasteiger charge is 2.07. The Kier molecular flexibility index (Phi) is 1.82. The molecule has 0 unspecified atom stereocenters. The summed E-state index contributed by atoms with van der Waals surface area (Å²) >= 11 is 3.01. The second kappa shape index (κ2) is 2.84. The molecule has 0 aliphatic rings. The lowest BCUT2D eigenvalue weighted by Gasteiger charge is -1.89. The molecule has 0 amide bonds. The normalized spacial score (nSPS) is 10.4. The molecular formula is C7H7N3S2. The fraction of sp³-hybridized carbons (Fsp3) is 0.143. The van der Waals surface area contributed by atoms with Crippen molar-refractivity contribution in [3.8, 4) is 9.88 Å². The van der Waals surface area contributed by atoms with Gasteiger partial charge in [-0.15, -0.1) is 11.3 Å². The summed E-state index contributed by atoms with van der Waals surface area (Å²) in [6, 6.07) is 2.07. The van der Waals surface area contributed by atoms with Gasteiger partial charge in [-0.2, -0.15) is 9.36 Å². The van der Waals surface area contributed by atoms with Crippen LogP contribution in [0.25, 0.3) is 9.88 Å². The molecule has 0 aliphatic carbocycles. The molecule has 0 aromatic carbocycles. The zero-order valence-corrected chi connectivity index (χ0v) is 8.08. The minimum atomic E-state index is 0.364. The molecule has 2 rings (SSSR count). The summed E-state index contributed by atoms with van der Waals surface area (Å²) in [6.45, 7) is 2.06. The van der Waals surface area contributed by atoms with Crippen molar-refractivity contribution in [1.29, 1.82) is 0 Å².